The Labute approximate surface area is 162 Å². The number of amides is 1. The van der Waals surface area contributed by atoms with Crippen molar-refractivity contribution < 1.29 is 9.53 Å². The Balaban J connectivity index is 1.37. The molecule has 4 fully saturated rings. The van der Waals surface area contributed by atoms with Crippen molar-refractivity contribution in [2.75, 3.05) is 39.3 Å². The first-order chi connectivity index (χ1) is 13.1. The second-order valence-electron chi connectivity index (χ2n) is 8.60. The molecule has 0 aliphatic carbocycles. The van der Waals surface area contributed by atoms with Crippen LogP contribution in [0.2, 0.25) is 0 Å². The first-order valence-electron chi connectivity index (χ1n) is 10.4. The molecule has 0 spiro atoms. The van der Waals surface area contributed by atoms with E-state index < -0.39 is 0 Å². The van der Waals surface area contributed by atoms with Gasteiger partial charge in [0.05, 0.1) is 24.4 Å². The quantitative estimate of drug-likeness (QED) is 0.804. The molecule has 4 aliphatic rings. The van der Waals surface area contributed by atoms with Gasteiger partial charge in [-0.1, -0.05) is 6.07 Å². The van der Waals surface area contributed by atoms with Gasteiger partial charge in [-0.05, 0) is 44.7 Å². The molecule has 4 aliphatic heterocycles. The molecule has 4 saturated heterocycles. The molecule has 0 radical (unpaired) electrons. The van der Waals surface area contributed by atoms with Crippen LogP contribution in [0, 0.1) is 5.92 Å². The van der Waals surface area contributed by atoms with E-state index in [9.17, 15) is 4.79 Å². The largest absolute Gasteiger partial charge is 0.372 e. The van der Waals surface area contributed by atoms with Crippen LogP contribution in [0.1, 0.15) is 32.4 Å². The highest BCUT2D eigenvalue weighted by atomic mass is 16.5. The summed E-state index contributed by atoms with van der Waals surface area (Å²) in [5.41, 5.74) is 1.14. The summed E-state index contributed by atoms with van der Waals surface area (Å²) in [6, 6.07) is 6.61. The fraction of sp³-hybridized carbons (Fsp3) is 0.714. The fourth-order valence-corrected chi connectivity index (χ4v) is 4.97. The van der Waals surface area contributed by atoms with Crippen molar-refractivity contribution in [3.8, 4) is 0 Å². The Hall–Kier alpha value is -1.50. The van der Waals surface area contributed by atoms with E-state index in [1.165, 1.54) is 12.8 Å². The lowest BCUT2D eigenvalue weighted by atomic mass is 9.95. The summed E-state index contributed by atoms with van der Waals surface area (Å²) in [7, 11) is 0. The number of aromatic nitrogens is 1. The Bertz CT molecular complexity index is 630. The Morgan fingerprint density at radius 2 is 1.93 bits per heavy atom. The summed E-state index contributed by atoms with van der Waals surface area (Å²) in [6.07, 6.45) is 4.61. The van der Waals surface area contributed by atoms with Crippen molar-refractivity contribution in [1.82, 2.24) is 19.7 Å². The number of piperidine rings is 1. The van der Waals surface area contributed by atoms with Crippen molar-refractivity contribution in [3.63, 3.8) is 0 Å². The van der Waals surface area contributed by atoms with Gasteiger partial charge in [0.25, 0.3) is 0 Å². The SMILES string of the molecule is C[C@@H]1CN(C(=O)CN2C[C@H]3CC[C@@H]2CN(Cc2ccccn2)C3)C[C@H](C)O1. The van der Waals surface area contributed by atoms with E-state index in [4.69, 9.17) is 4.74 Å². The standard InChI is InChI=1S/C21H32N4O2/c1-16-9-25(10-17(2)27-16)21(26)15-24-12-18-6-7-20(24)14-23(11-18)13-19-5-3-4-8-22-19/h3-5,8,16-18,20H,6-7,9-15H2,1-2H3/t16-,17+,18-,20+/m0/s1. The predicted molar refractivity (Wildman–Crippen MR) is 104 cm³/mol. The lowest BCUT2D eigenvalue weighted by Crippen LogP contribution is -2.53. The molecular formula is C21H32N4O2. The lowest BCUT2D eigenvalue weighted by Gasteiger charge is -2.39. The van der Waals surface area contributed by atoms with E-state index in [1.54, 1.807) is 0 Å². The number of morpholine rings is 1. The molecule has 1 amide bonds. The molecule has 4 atom stereocenters. The molecule has 0 aromatic carbocycles. The molecule has 2 bridgehead atoms. The highest BCUT2D eigenvalue weighted by molar-refractivity contribution is 5.78. The van der Waals surface area contributed by atoms with Gasteiger partial charge in [0, 0.05) is 51.5 Å². The Kier molecular flexibility index (Phi) is 5.76. The second kappa shape index (κ2) is 8.25. The van der Waals surface area contributed by atoms with Crippen LogP contribution in [0.25, 0.3) is 0 Å². The van der Waals surface area contributed by atoms with Crippen molar-refractivity contribution in [2.24, 2.45) is 5.92 Å². The van der Waals surface area contributed by atoms with Crippen LogP contribution in [-0.4, -0.2) is 83.1 Å². The molecule has 6 heteroatoms. The number of ether oxygens (including phenoxy) is 1. The van der Waals surface area contributed by atoms with Gasteiger partial charge in [-0.25, -0.2) is 0 Å². The first kappa shape index (κ1) is 18.8. The maximum atomic E-state index is 12.9. The zero-order chi connectivity index (χ0) is 18.8. The average molecular weight is 373 g/mol. The van der Waals surface area contributed by atoms with Gasteiger partial charge in [-0.15, -0.1) is 0 Å². The second-order valence-corrected chi connectivity index (χ2v) is 8.60. The van der Waals surface area contributed by atoms with Gasteiger partial charge in [-0.2, -0.15) is 0 Å². The van der Waals surface area contributed by atoms with E-state index in [0.717, 1.165) is 45.0 Å². The molecule has 148 valence electrons. The summed E-state index contributed by atoms with van der Waals surface area (Å²) in [5.74, 6) is 0.920. The summed E-state index contributed by atoms with van der Waals surface area (Å²) >= 11 is 0. The number of hydrogen-bond acceptors (Lipinski definition) is 5. The van der Waals surface area contributed by atoms with Crippen LogP contribution < -0.4 is 0 Å². The molecule has 5 heterocycles. The maximum absolute atomic E-state index is 12.9. The third-order valence-corrected chi connectivity index (χ3v) is 6.13. The van der Waals surface area contributed by atoms with Gasteiger partial charge in [-0.3, -0.25) is 19.6 Å². The average Bonchev–Trinajstić information content (AvgIpc) is 2.92. The first-order valence-corrected chi connectivity index (χ1v) is 10.4. The molecule has 5 rings (SSSR count). The van der Waals surface area contributed by atoms with Crippen LogP contribution in [0.3, 0.4) is 0 Å². The lowest BCUT2D eigenvalue weighted by molar-refractivity contribution is -0.145. The molecule has 0 N–H and O–H groups in total. The van der Waals surface area contributed by atoms with Gasteiger partial charge in [0.1, 0.15) is 0 Å². The third-order valence-electron chi connectivity index (χ3n) is 6.13. The number of rotatable bonds is 4. The van der Waals surface area contributed by atoms with Gasteiger partial charge in [0.2, 0.25) is 5.91 Å². The van der Waals surface area contributed by atoms with E-state index in [0.29, 0.717) is 18.5 Å². The smallest absolute Gasteiger partial charge is 0.236 e. The Morgan fingerprint density at radius 1 is 1.11 bits per heavy atom. The molecular weight excluding hydrogens is 340 g/mol. The highest BCUT2D eigenvalue weighted by Gasteiger charge is 2.37. The van der Waals surface area contributed by atoms with E-state index in [-0.39, 0.29) is 18.1 Å². The van der Waals surface area contributed by atoms with E-state index >= 15 is 0 Å². The molecule has 0 saturated carbocycles. The number of carbonyl (C=O) groups excluding carboxylic acids is 1. The Morgan fingerprint density at radius 3 is 2.67 bits per heavy atom. The summed E-state index contributed by atoms with van der Waals surface area (Å²) in [6.45, 7) is 10.2. The molecule has 6 nitrogen and oxygen atoms in total. The monoisotopic (exact) mass is 372 g/mol. The minimum Gasteiger partial charge on any atom is -0.372 e. The number of pyridine rings is 1. The predicted octanol–water partition coefficient (Wildman–Crippen LogP) is 1.61. The molecule has 27 heavy (non-hydrogen) atoms. The number of fused-ring (bicyclic) bond motifs is 4. The number of nitrogens with zero attached hydrogens (tertiary/aromatic N) is 4. The van der Waals surface area contributed by atoms with Crippen molar-refractivity contribution >= 4 is 5.91 Å². The van der Waals surface area contributed by atoms with Crippen LogP contribution in [-0.2, 0) is 16.1 Å². The minimum atomic E-state index is 0.132. The van der Waals surface area contributed by atoms with Crippen molar-refractivity contribution in [1.29, 1.82) is 0 Å². The van der Waals surface area contributed by atoms with Crippen molar-refractivity contribution in [2.45, 2.75) is 51.5 Å². The van der Waals surface area contributed by atoms with Gasteiger partial charge >= 0.3 is 0 Å². The summed E-state index contributed by atoms with van der Waals surface area (Å²) in [4.78, 5) is 24.4. The van der Waals surface area contributed by atoms with E-state index in [1.807, 2.05) is 17.2 Å². The van der Waals surface area contributed by atoms with Gasteiger partial charge in [0.15, 0.2) is 0 Å². The zero-order valence-electron chi connectivity index (χ0n) is 16.6. The van der Waals surface area contributed by atoms with Gasteiger partial charge < -0.3 is 9.64 Å². The molecule has 0 unspecified atom stereocenters. The summed E-state index contributed by atoms with van der Waals surface area (Å²) in [5, 5.41) is 0. The minimum absolute atomic E-state index is 0.132. The topological polar surface area (TPSA) is 48.9 Å². The normalized spacial score (nSPS) is 32.4. The highest BCUT2D eigenvalue weighted by Crippen LogP contribution is 2.28. The van der Waals surface area contributed by atoms with Crippen LogP contribution in [0.5, 0.6) is 0 Å². The van der Waals surface area contributed by atoms with E-state index in [2.05, 4.69) is 40.8 Å². The number of hydrogen-bond donors (Lipinski definition) is 0. The number of carbonyl (C=O) groups is 1. The molecule has 1 aromatic rings. The summed E-state index contributed by atoms with van der Waals surface area (Å²) < 4.78 is 5.78. The van der Waals surface area contributed by atoms with Crippen LogP contribution in [0.15, 0.2) is 24.4 Å². The fourth-order valence-electron chi connectivity index (χ4n) is 4.97. The maximum Gasteiger partial charge on any atom is 0.236 e. The third kappa shape index (κ3) is 4.68. The van der Waals surface area contributed by atoms with Crippen molar-refractivity contribution in [3.05, 3.63) is 30.1 Å². The molecule has 1 aromatic heterocycles. The van der Waals surface area contributed by atoms with Crippen LogP contribution >= 0.6 is 0 Å². The zero-order valence-corrected chi connectivity index (χ0v) is 16.6. The van der Waals surface area contributed by atoms with Crippen LogP contribution in [0.4, 0.5) is 0 Å².